The first-order valence-corrected chi connectivity index (χ1v) is 9.77. The minimum atomic E-state index is -1.38. The molecule has 34 heavy (non-hydrogen) atoms. The summed E-state index contributed by atoms with van der Waals surface area (Å²) in [6.07, 6.45) is -1.65. The first kappa shape index (κ1) is 27.4. The van der Waals surface area contributed by atoms with Gasteiger partial charge in [-0.15, -0.1) is 0 Å². The van der Waals surface area contributed by atoms with Gasteiger partial charge in [-0.25, -0.2) is 9.59 Å². The highest BCUT2D eigenvalue weighted by atomic mass is 16.7. The van der Waals surface area contributed by atoms with Gasteiger partial charge >= 0.3 is 18.0 Å². The van der Waals surface area contributed by atoms with Crippen molar-refractivity contribution in [3.05, 3.63) is 58.1 Å². The molecule has 0 atom stereocenters. The number of ether oxygens (including phenoxy) is 4. The Morgan fingerprint density at radius 1 is 1.09 bits per heavy atom. The summed E-state index contributed by atoms with van der Waals surface area (Å²) in [6, 6.07) is 3.71. The molecule has 0 saturated carbocycles. The van der Waals surface area contributed by atoms with Gasteiger partial charge in [0.25, 0.3) is 11.7 Å². The maximum atomic E-state index is 12.6. The van der Waals surface area contributed by atoms with Crippen molar-refractivity contribution >= 4 is 30.0 Å². The topological polar surface area (TPSA) is 158 Å². The zero-order valence-electron chi connectivity index (χ0n) is 19.1. The van der Waals surface area contributed by atoms with Crippen molar-refractivity contribution in [3.63, 3.8) is 0 Å². The molecule has 12 heteroatoms. The Kier molecular flexibility index (Phi) is 9.98. The number of likely N-dealkylation sites (N-methyl/N-ethyl adjacent to an activating group) is 1. The van der Waals surface area contributed by atoms with Gasteiger partial charge in [-0.1, -0.05) is 13.2 Å². The van der Waals surface area contributed by atoms with Gasteiger partial charge in [0.05, 0.1) is 4.92 Å². The maximum absolute atomic E-state index is 12.6. The maximum Gasteiger partial charge on any atom is 0.519 e. The van der Waals surface area contributed by atoms with E-state index in [0.717, 1.165) is 18.2 Å². The Labute approximate surface area is 195 Å². The fraction of sp³-hybridized carbons (Fsp3) is 0.273. The number of allylic oxidation sites excluding steroid dienone is 2. The van der Waals surface area contributed by atoms with Gasteiger partial charge in [-0.05, 0) is 45.4 Å². The molecule has 0 aliphatic rings. The van der Waals surface area contributed by atoms with Gasteiger partial charge in [0.15, 0.2) is 5.75 Å². The van der Waals surface area contributed by atoms with Crippen molar-refractivity contribution < 1.29 is 38.3 Å². The first-order valence-electron chi connectivity index (χ1n) is 9.77. The number of nitro groups is 1. The van der Waals surface area contributed by atoms with Crippen LogP contribution in [0.5, 0.6) is 11.5 Å². The van der Waals surface area contributed by atoms with Crippen molar-refractivity contribution in [2.45, 2.75) is 27.7 Å². The fourth-order valence-electron chi connectivity index (χ4n) is 2.49. The minimum Gasteiger partial charge on any atom is -0.400 e. The highest BCUT2D eigenvalue weighted by Gasteiger charge is 2.28. The van der Waals surface area contributed by atoms with Gasteiger partial charge in [0.2, 0.25) is 0 Å². The summed E-state index contributed by atoms with van der Waals surface area (Å²) < 4.78 is 19.2. The number of nitrogens with zero attached hydrogens (tertiary/aromatic N) is 3. The third-order valence-electron chi connectivity index (χ3n) is 3.86. The normalized spacial score (nSPS) is 10.4. The van der Waals surface area contributed by atoms with Crippen molar-refractivity contribution in [2.75, 3.05) is 13.1 Å². The number of carbonyl (C=O) groups excluding carboxylic acids is 3. The van der Waals surface area contributed by atoms with Crippen LogP contribution < -0.4 is 9.47 Å². The Bertz CT molecular complexity index is 1100. The van der Waals surface area contributed by atoms with E-state index in [0.29, 0.717) is 13.1 Å². The third kappa shape index (κ3) is 7.79. The highest BCUT2D eigenvalue weighted by molar-refractivity contribution is 6.01. The Hall–Kier alpha value is -4.66. The van der Waals surface area contributed by atoms with Gasteiger partial charge < -0.3 is 23.8 Å². The van der Waals surface area contributed by atoms with Crippen molar-refractivity contribution in [2.24, 2.45) is 0 Å². The molecule has 0 spiro atoms. The second-order valence-corrected chi connectivity index (χ2v) is 6.58. The molecule has 1 aromatic carbocycles. The summed E-state index contributed by atoms with van der Waals surface area (Å²) in [4.78, 5) is 48.6. The van der Waals surface area contributed by atoms with E-state index in [2.05, 4.69) is 22.6 Å². The summed E-state index contributed by atoms with van der Waals surface area (Å²) >= 11 is 0. The number of amides is 1. The lowest BCUT2D eigenvalue weighted by molar-refractivity contribution is -0.385. The quantitative estimate of drug-likeness (QED) is 0.0952. The van der Waals surface area contributed by atoms with E-state index < -0.39 is 40.3 Å². The largest absolute Gasteiger partial charge is 0.519 e. The predicted octanol–water partition coefficient (Wildman–Crippen LogP) is 4.47. The summed E-state index contributed by atoms with van der Waals surface area (Å²) in [7, 11) is 0. The van der Waals surface area contributed by atoms with Crippen LogP contribution in [0.15, 0.2) is 42.4 Å². The summed E-state index contributed by atoms with van der Waals surface area (Å²) in [5.74, 6) is -2.11. The second-order valence-electron chi connectivity index (χ2n) is 6.58. The summed E-state index contributed by atoms with van der Waals surface area (Å²) in [5, 5.41) is 21.1. The number of benzene rings is 1. The van der Waals surface area contributed by atoms with E-state index in [1.807, 2.05) is 0 Å². The van der Waals surface area contributed by atoms with Gasteiger partial charge in [0.1, 0.15) is 23.2 Å². The Morgan fingerprint density at radius 2 is 1.62 bits per heavy atom. The lowest BCUT2D eigenvalue weighted by Crippen LogP contribution is -2.31. The number of hydrogen-bond acceptors (Lipinski definition) is 10. The van der Waals surface area contributed by atoms with E-state index in [1.54, 1.807) is 19.9 Å². The molecule has 0 aliphatic heterocycles. The summed E-state index contributed by atoms with van der Waals surface area (Å²) in [5.41, 5.74) is -1.22. The molecule has 0 unspecified atom stereocenters. The first-order chi connectivity index (χ1) is 15.9. The number of hydrogen-bond donors (Lipinski definition) is 0. The van der Waals surface area contributed by atoms with Crippen molar-refractivity contribution in [1.82, 2.24) is 4.90 Å². The zero-order valence-corrected chi connectivity index (χ0v) is 19.1. The van der Waals surface area contributed by atoms with Gasteiger partial charge in [-0.2, -0.15) is 5.26 Å². The van der Waals surface area contributed by atoms with Crippen LogP contribution in [0, 0.1) is 21.4 Å². The number of rotatable bonds is 9. The van der Waals surface area contributed by atoms with E-state index in [9.17, 15) is 29.8 Å². The van der Waals surface area contributed by atoms with E-state index >= 15 is 0 Å². The zero-order chi connectivity index (χ0) is 26.0. The molecule has 0 bridgehead atoms. The third-order valence-corrected chi connectivity index (χ3v) is 3.86. The van der Waals surface area contributed by atoms with Crippen LogP contribution in [0.25, 0.3) is 6.08 Å². The molecule has 0 saturated heterocycles. The molecule has 1 rings (SSSR count). The SMILES string of the molecule is C=C(C)OC(=O)Oc1cc(C=C(C#N)C(=O)N(CC)CC)cc([N+](=O)[O-])c1OC(=O)OC(=C)C. The van der Waals surface area contributed by atoms with Crippen molar-refractivity contribution in [1.29, 1.82) is 5.26 Å². The van der Waals surface area contributed by atoms with Crippen LogP contribution >= 0.6 is 0 Å². The molecule has 180 valence electrons. The predicted molar refractivity (Wildman–Crippen MR) is 118 cm³/mol. The van der Waals surface area contributed by atoms with Crippen LogP contribution in [0.3, 0.4) is 0 Å². The van der Waals surface area contributed by atoms with Crippen LogP contribution in [-0.2, 0) is 14.3 Å². The fourth-order valence-corrected chi connectivity index (χ4v) is 2.49. The highest BCUT2D eigenvalue weighted by Crippen LogP contribution is 2.40. The number of nitro benzene ring substituents is 1. The Morgan fingerprint density at radius 3 is 2.06 bits per heavy atom. The number of nitriles is 1. The van der Waals surface area contributed by atoms with Crippen LogP contribution in [0.1, 0.15) is 33.3 Å². The van der Waals surface area contributed by atoms with Gasteiger partial charge in [-0.3, -0.25) is 14.9 Å². The van der Waals surface area contributed by atoms with Crippen LogP contribution in [-0.4, -0.2) is 41.1 Å². The molecule has 0 aliphatic carbocycles. The molecular formula is C22H23N3O9. The molecule has 0 fully saturated rings. The smallest absolute Gasteiger partial charge is 0.400 e. The van der Waals surface area contributed by atoms with E-state index in [4.69, 9.17) is 9.47 Å². The van der Waals surface area contributed by atoms with E-state index in [-0.39, 0.29) is 22.7 Å². The minimum absolute atomic E-state index is 0.0451. The average Bonchev–Trinajstić information content (AvgIpc) is 2.72. The molecule has 1 aromatic rings. The van der Waals surface area contributed by atoms with Gasteiger partial charge in [0, 0.05) is 19.2 Å². The molecule has 0 radical (unpaired) electrons. The van der Waals surface area contributed by atoms with Crippen LogP contribution in [0.4, 0.5) is 15.3 Å². The van der Waals surface area contributed by atoms with Crippen molar-refractivity contribution in [3.8, 4) is 17.6 Å². The Balaban J connectivity index is 3.68. The summed E-state index contributed by atoms with van der Waals surface area (Å²) in [6.45, 7) is 13.5. The van der Waals surface area contributed by atoms with Crippen LogP contribution in [0.2, 0.25) is 0 Å². The van der Waals surface area contributed by atoms with E-state index in [1.165, 1.54) is 18.7 Å². The lowest BCUT2D eigenvalue weighted by Gasteiger charge is -2.17. The lowest BCUT2D eigenvalue weighted by atomic mass is 10.1. The molecule has 0 N–H and O–H groups in total. The molecule has 0 aromatic heterocycles. The average molecular weight is 473 g/mol. The molecule has 1 amide bonds. The molecular weight excluding hydrogens is 450 g/mol. The molecule has 0 heterocycles. The second kappa shape index (κ2) is 12.4. The standard InChI is InChI=1S/C22H23N3O9/c1-7-24(8-2)20(26)16(12-23)9-15-10-17(25(29)30)19(34-22(28)32-14(5)6)18(11-15)33-21(27)31-13(3)4/h9-11H,3,5,7-8H2,1-2,4,6H3. The number of carbonyl (C=O) groups is 3. The monoisotopic (exact) mass is 473 g/mol. The molecule has 12 nitrogen and oxygen atoms in total.